The minimum atomic E-state index is -0.997. The molecule has 2 aromatic heterocycles. The van der Waals surface area contributed by atoms with Crippen molar-refractivity contribution in [3.63, 3.8) is 0 Å². The number of carboxylic acid groups (broad SMARTS) is 1. The van der Waals surface area contributed by atoms with E-state index in [0.29, 0.717) is 48.6 Å². The molecule has 0 atom stereocenters. The number of carbonyl (C=O) groups is 2. The summed E-state index contributed by atoms with van der Waals surface area (Å²) in [5.41, 5.74) is 2.48. The lowest BCUT2D eigenvalue weighted by Gasteiger charge is -2.04. The fourth-order valence-corrected chi connectivity index (χ4v) is 2.72. The third-order valence-corrected chi connectivity index (χ3v) is 3.90. The van der Waals surface area contributed by atoms with Crippen LogP contribution in [-0.2, 0) is 17.8 Å². The number of aromatic nitrogens is 4. The van der Waals surface area contributed by atoms with Crippen molar-refractivity contribution in [2.45, 2.75) is 53.6 Å². The van der Waals surface area contributed by atoms with Crippen LogP contribution in [-0.4, -0.2) is 43.2 Å². The largest absolute Gasteiger partial charge is 0.477 e. The molecule has 2 rings (SSSR count). The highest BCUT2D eigenvalue weighted by atomic mass is 16.5. The minimum Gasteiger partial charge on any atom is -0.477 e. The summed E-state index contributed by atoms with van der Waals surface area (Å²) in [4.78, 5) is 23.4. The van der Waals surface area contributed by atoms with E-state index in [1.807, 2.05) is 13.8 Å². The lowest BCUT2D eigenvalue weighted by Crippen LogP contribution is -2.13. The Kier molecular flexibility index (Phi) is 6.77. The molecule has 144 valence electrons. The van der Waals surface area contributed by atoms with Gasteiger partial charge >= 0.3 is 11.9 Å². The number of aromatic carboxylic acids is 1. The molecule has 0 saturated carbocycles. The van der Waals surface area contributed by atoms with Crippen molar-refractivity contribution in [1.29, 1.82) is 0 Å². The molecular weight excluding hydrogens is 348 g/mol. The van der Waals surface area contributed by atoms with Gasteiger partial charge in [-0.05, 0) is 40.2 Å². The van der Waals surface area contributed by atoms with Crippen LogP contribution in [0.2, 0.25) is 0 Å². The van der Waals surface area contributed by atoms with Crippen LogP contribution in [0.15, 0.2) is 6.07 Å². The highest BCUT2D eigenvalue weighted by Crippen LogP contribution is 2.14. The van der Waals surface area contributed by atoms with Gasteiger partial charge in [0, 0.05) is 19.5 Å². The van der Waals surface area contributed by atoms with Crippen LogP contribution in [0.3, 0.4) is 0 Å². The number of ether oxygens (including phenoxy) is 1. The number of esters is 1. The topological polar surface area (TPSA) is 99.2 Å². The van der Waals surface area contributed by atoms with Gasteiger partial charge < -0.3 is 9.84 Å². The predicted octanol–water partition coefficient (Wildman–Crippen LogP) is 2.42. The lowest BCUT2D eigenvalue weighted by molar-refractivity contribution is 0.0511. The van der Waals surface area contributed by atoms with Gasteiger partial charge in [0.1, 0.15) is 5.69 Å². The number of unbranched alkanes of at least 4 members (excludes halogenated alkanes) is 1. The molecule has 0 aliphatic heterocycles. The molecule has 0 aliphatic carbocycles. The molecule has 0 fully saturated rings. The van der Waals surface area contributed by atoms with Gasteiger partial charge in [-0.15, -0.1) is 0 Å². The molecular formula is C19H24N4O4. The Morgan fingerprint density at radius 3 is 2.59 bits per heavy atom. The van der Waals surface area contributed by atoms with Crippen molar-refractivity contribution in [2.24, 2.45) is 0 Å². The molecule has 0 aliphatic rings. The number of carboxylic acids is 1. The average Bonchev–Trinajstić information content (AvgIpc) is 3.14. The molecule has 0 aromatic carbocycles. The van der Waals surface area contributed by atoms with Crippen LogP contribution in [0.5, 0.6) is 0 Å². The van der Waals surface area contributed by atoms with Crippen molar-refractivity contribution >= 4 is 11.9 Å². The van der Waals surface area contributed by atoms with E-state index in [1.54, 1.807) is 24.6 Å². The number of rotatable bonds is 7. The summed E-state index contributed by atoms with van der Waals surface area (Å²) in [5, 5.41) is 17.7. The molecule has 0 unspecified atom stereocenters. The van der Waals surface area contributed by atoms with Gasteiger partial charge in [-0.3, -0.25) is 9.36 Å². The molecule has 8 nitrogen and oxygen atoms in total. The quantitative estimate of drug-likeness (QED) is 0.455. The van der Waals surface area contributed by atoms with Crippen LogP contribution >= 0.6 is 0 Å². The van der Waals surface area contributed by atoms with Gasteiger partial charge in [-0.2, -0.15) is 10.2 Å². The number of hydrogen-bond acceptors (Lipinski definition) is 5. The molecule has 27 heavy (non-hydrogen) atoms. The van der Waals surface area contributed by atoms with E-state index in [4.69, 9.17) is 4.74 Å². The van der Waals surface area contributed by atoms with Gasteiger partial charge in [0.05, 0.1) is 23.6 Å². The highest BCUT2D eigenvalue weighted by molar-refractivity contribution is 5.91. The van der Waals surface area contributed by atoms with E-state index in [2.05, 4.69) is 22.0 Å². The Balaban J connectivity index is 2.09. The van der Waals surface area contributed by atoms with Crippen molar-refractivity contribution in [3.8, 4) is 11.8 Å². The molecule has 2 heterocycles. The van der Waals surface area contributed by atoms with E-state index in [0.717, 1.165) is 0 Å². The second kappa shape index (κ2) is 9.03. The summed E-state index contributed by atoms with van der Waals surface area (Å²) >= 11 is 0. The number of carbonyl (C=O) groups excluding carboxylic acids is 1. The SMILES string of the molecule is CCOC(=O)c1c(C#CCCCn2nc(C)cc2C(=O)O)c(C)nn1CC. The number of hydrogen-bond donors (Lipinski definition) is 1. The summed E-state index contributed by atoms with van der Waals surface area (Å²) in [6.45, 7) is 8.52. The normalized spacial score (nSPS) is 10.4. The first kappa shape index (κ1) is 20.2. The van der Waals surface area contributed by atoms with E-state index in [9.17, 15) is 14.7 Å². The van der Waals surface area contributed by atoms with Gasteiger partial charge in [-0.1, -0.05) is 11.8 Å². The average molecular weight is 372 g/mol. The standard InChI is InChI=1S/C19H24N4O4/c1-5-22-17(19(26)27-6-2)15(14(4)21-22)10-8-7-9-11-23-16(18(24)25)12-13(3)20-23/h12H,5-7,9,11H2,1-4H3,(H,24,25). The zero-order valence-corrected chi connectivity index (χ0v) is 16.1. The van der Waals surface area contributed by atoms with E-state index >= 15 is 0 Å². The van der Waals surface area contributed by atoms with Crippen molar-refractivity contribution in [1.82, 2.24) is 19.6 Å². The summed E-state index contributed by atoms with van der Waals surface area (Å²) in [6.07, 6.45) is 1.18. The summed E-state index contributed by atoms with van der Waals surface area (Å²) in [6, 6.07) is 1.54. The molecule has 1 N–H and O–H groups in total. The summed E-state index contributed by atoms with van der Waals surface area (Å²) < 4.78 is 8.19. The maximum absolute atomic E-state index is 12.2. The predicted molar refractivity (Wildman–Crippen MR) is 98.6 cm³/mol. The first-order valence-electron chi connectivity index (χ1n) is 8.90. The maximum atomic E-state index is 12.2. The van der Waals surface area contributed by atoms with Gasteiger partial charge in [0.15, 0.2) is 5.69 Å². The third kappa shape index (κ3) is 4.76. The fraction of sp³-hybridized carbons (Fsp3) is 0.474. The van der Waals surface area contributed by atoms with Crippen LogP contribution in [0, 0.1) is 25.7 Å². The first-order valence-corrected chi connectivity index (χ1v) is 8.90. The van der Waals surface area contributed by atoms with E-state index in [1.165, 1.54) is 4.68 Å². The molecule has 0 radical (unpaired) electrons. The van der Waals surface area contributed by atoms with Crippen LogP contribution in [0.4, 0.5) is 0 Å². The van der Waals surface area contributed by atoms with Gasteiger partial charge in [-0.25, -0.2) is 9.59 Å². The lowest BCUT2D eigenvalue weighted by atomic mass is 10.1. The van der Waals surface area contributed by atoms with E-state index < -0.39 is 11.9 Å². The molecule has 2 aromatic rings. The second-order valence-corrected chi connectivity index (χ2v) is 5.95. The Bertz CT molecular complexity index is 899. The Labute approximate surface area is 158 Å². The van der Waals surface area contributed by atoms with Crippen LogP contribution in [0.1, 0.15) is 64.6 Å². The number of aryl methyl sites for hydroxylation is 4. The van der Waals surface area contributed by atoms with E-state index in [-0.39, 0.29) is 12.3 Å². The van der Waals surface area contributed by atoms with Crippen LogP contribution < -0.4 is 0 Å². The molecule has 0 amide bonds. The zero-order valence-electron chi connectivity index (χ0n) is 16.1. The first-order chi connectivity index (χ1) is 12.9. The Morgan fingerprint density at radius 2 is 1.96 bits per heavy atom. The van der Waals surface area contributed by atoms with Crippen molar-refractivity contribution < 1.29 is 19.4 Å². The van der Waals surface area contributed by atoms with Crippen molar-refractivity contribution in [2.75, 3.05) is 6.61 Å². The second-order valence-electron chi connectivity index (χ2n) is 5.95. The Hall–Kier alpha value is -3.08. The van der Waals surface area contributed by atoms with Gasteiger partial charge in [0.25, 0.3) is 0 Å². The Morgan fingerprint density at radius 1 is 1.22 bits per heavy atom. The summed E-state index contributed by atoms with van der Waals surface area (Å²) in [5.74, 6) is 4.64. The molecule has 0 spiro atoms. The molecule has 0 saturated heterocycles. The maximum Gasteiger partial charge on any atom is 0.357 e. The highest BCUT2D eigenvalue weighted by Gasteiger charge is 2.21. The summed E-state index contributed by atoms with van der Waals surface area (Å²) in [7, 11) is 0. The third-order valence-electron chi connectivity index (χ3n) is 3.90. The minimum absolute atomic E-state index is 0.171. The zero-order chi connectivity index (χ0) is 20.0. The van der Waals surface area contributed by atoms with Gasteiger partial charge in [0.2, 0.25) is 0 Å². The smallest absolute Gasteiger partial charge is 0.357 e. The molecule has 0 bridgehead atoms. The molecule has 8 heteroatoms. The fourth-order valence-electron chi connectivity index (χ4n) is 2.72. The monoisotopic (exact) mass is 372 g/mol. The van der Waals surface area contributed by atoms with Crippen LogP contribution in [0.25, 0.3) is 0 Å². The van der Waals surface area contributed by atoms with Crippen molar-refractivity contribution in [3.05, 3.63) is 34.4 Å². The number of nitrogens with zero attached hydrogens (tertiary/aromatic N) is 4.